The molecule has 0 radical (unpaired) electrons. The third kappa shape index (κ3) is 11.5. The molecule has 0 atom stereocenters. The lowest BCUT2D eigenvalue weighted by atomic mass is 9.99. The third-order valence-electron chi connectivity index (χ3n) is 21.7. The Morgan fingerprint density at radius 2 is 0.420 bits per heavy atom. The SMILES string of the molecule is c1ccc(-c2ccc(-c3nc(-c4ccccc4)nc(-n4c5ccccc5c5cc6c(cc54)c4ccccc4n6-c4cccc(-c5ccccc5)c4)n3)cc2)cc1.c1ccc(-c2cccc(-c3ccc(-n4c5ccccc5c5cc6c(cc54)c4ccccc4n6-c4nc(-c5ccccc5)cc(-c5ccccc5)n4)cc3)c2)cc1. The molecule has 0 aliphatic heterocycles. The van der Waals surface area contributed by atoms with E-state index in [1.807, 2.05) is 36.4 Å². The highest BCUT2D eigenvalue weighted by Crippen LogP contribution is 2.44. The molecule has 112 heavy (non-hydrogen) atoms. The van der Waals surface area contributed by atoms with E-state index in [1.54, 1.807) is 0 Å². The summed E-state index contributed by atoms with van der Waals surface area (Å²) in [5, 5.41) is 9.30. The van der Waals surface area contributed by atoms with Crippen LogP contribution in [0.1, 0.15) is 0 Å². The summed E-state index contributed by atoms with van der Waals surface area (Å²) in [6.45, 7) is 0. The van der Waals surface area contributed by atoms with Gasteiger partial charge in [-0.3, -0.25) is 9.13 Å². The standard InChI is InChI=1S/C52H34N4.C51H33N5/c1-4-15-35(16-5-1)39-21-14-22-40(31-39)36-27-29-41(30-28-36)55-48-25-12-10-23-42(48)44-33-51-45(32-50(44)55)43-24-11-13-26-49(43)56(51)52-53-46(37-17-6-2-7-18-37)34-47(54-52)38-19-8-3-9-20-38;1-4-15-34(16-5-1)36-27-29-38(30-28-36)50-52-49(37-19-8-3-9-20-37)53-51(54-50)56-46-26-13-11-24-42(46)44-32-47-43(33-48(44)56)41-23-10-12-25-45(41)55(47)40-22-14-21-39(31-40)35-17-6-2-7-18-35/h1-34H;1-33H. The highest BCUT2D eigenvalue weighted by atomic mass is 15.2. The Morgan fingerprint density at radius 3 is 0.848 bits per heavy atom. The molecule has 0 aliphatic rings. The van der Waals surface area contributed by atoms with E-state index < -0.39 is 0 Å². The highest BCUT2D eigenvalue weighted by molar-refractivity contribution is 6.20. The van der Waals surface area contributed by atoms with E-state index in [0.717, 1.165) is 116 Å². The first-order valence-corrected chi connectivity index (χ1v) is 37.9. The molecule has 6 heterocycles. The number of para-hydroxylation sites is 4. The van der Waals surface area contributed by atoms with Gasteiger partial charge in [0.05, 0.1) is 55.5 Å². The number of nitrogens with zero attached hydrogens (tertiary/aromatic N) is 9. The zero-order valence-corrected chi connectivity index (χ0v) is 60.7. The molecule has 6 aromatic heterocycles. The average Bonchev–Trinajstić information content (AvgIpc) is 1.56. The molecule has 0 unspecified atom stereocenters. The van der Waals surface area contributed by atoms with Gasteiger partial charge in [-0.2, -0.15) is 9.97 Å². The number of hydrogen-bond acceptors (Lipinski definition) is 5. The van der Waals surface area contributed by atoms with Crippen molar-refractivity contribution in [1.29, 1.82) is 0 Å². The Bertz CT molecular complexity index is 7260. The van der Waals surface area contributed by atoms with Gasteiger partial charge in [0.25, 0.3) is 0 Å². The predicted octanol–water partition coefficient (Wildman–Crippen LogP) is 26.1. The molecule has 22 aromatic rings. The maximum absolute atomic E-state index is 5.27. The molecule has 0 bridgehead atoms. The topological polar surface area (TPSA) is 84.2 Å². The Kier molecular flexibility index (Phi) is 16.0. The molecule has 0 spiro atoms. The zero-order valence-electron chi connectivity index (χ0n) is 60.7. The summed E-state index contributed by atoms with van der Waals surface area (Å²) in [7, 11) is 0. The summed E-state index contributed by atoms with van der Waals surface area (Å²) in [6.07, 6.45) is 0. The van der Waals surface area contributed by atoms with Crippen LogP contribution in [0.5, 0.6) is 0 Å². The lowest BCUT2D eigenvalue weighted by molar-refractivity contribution is 0.954. The minimum Gasteiger partial charge on any atom is -0.309 e. The van der Waals surface area contributed by atoms with Crippen LogP contribution >= 0.6 is 0 Å². The normalized spacial score (nSPS) is 11.6. The third-order valence-corrected chi connectivity index (χ3v) is 21.7. The second-order valence-corrected chi connectivity index (χ2v) is 28.4. The summed E-state index contributed by atoms with van der Waals surface area (Å²) in [5.74, 6) is 2.47. The number of benzene rings is 16. The fourth-order valence-electron chi connectivity index (χ4n) is 16.4. The van der Waals surface area contributed by atoms with Crippen molar-refractivity contribution in [2.45, 2.75) is 0 Å². The van der Waals surface area contributed by atoms with E-state index in [4.69, 9.17) is 24.9 Å². The van der Waals surface area contributed by atoms with Gasteiger partial charge < -0.3 is 9.13 Å². The van der Waals surface area contributed by atoms with Crippen LogP contribution in [0.3, 0.4) is 0 Å². The van der Waals surface area contributed by atoms with Crippen molar-refractivity contribution < 1.29 is 0 Å². The van der Waals surface area contributed by atoms with Crippen molar-refractivity contribution in [1.82, 2.24) is 43.2 Å². The molecule has 9 nitrogen and oxygen atoms in total. The quantitative estimate of drug-likeness (QED) is 0.122. The Morgan fingerprint density at radius 1 is 0.143 bits per heavy atom. The van der Waals surface area contributed by atoms with Crippen LogP contribution in [-0.4, -0.2) is 43.2 Å². The fraction of sp³-hybridized carbons (Fsp3) is 0. The summed E-state index contributed by atoms with van der Waals surface area (Å²) < 4.78 is 9.26. The lowest BCUT2D eigenvalue weighted by Crippen LogP contribution is -2.06. The van der Waals surface area contributed by atoms with Crippen molar-refractivity contribution in [3.05, 3.63) is 406 Å². The van der Waals surface area contributed by atoms with Crippen LogP contribution in [0.2, 0.25) is 0 Å². The number of hydrogen-bond donors (Lipinski definition) is 0. The van der Waals surface area contributed by atoms with Gasteiger partial charge in [-0.05, 0) is 129 Å². The van der Waals surface area contributed by atoms with E-state index in [9.17, 15) is 0 Å². The van der Waals surface area contributed by atoms with E-state index in [-0.39, 0.29) is 0 Å². The van der Waals surface area contributed by atoms with Crippen LogP contribution in [0.25, 0.3) is 200 Å². The van der Waals surface area contributed by atoms with Crippen molar-refractivity contribution in [2.24, 2.45) is 0 Å². The first kappa shape index (κ1) is 65.1. The van der Waals surface area contributed by atoms with Crippen LogP contribution in [0.4, 0.5) is 0 Å². The van der Waals surface area contributed by atoms with Gasteiger partial charge in [-0.25, -0.2) is 15.0 Å². The molecule has 9 heteroatoms. The first-order valence-electron chi connectivity index (χ1n) is 37.9. The monoisotopic (exact) mass is 1430 g/mol. The van der Waals surface area contributed by atoms with Gasteiger partial charge in [0, 0.05) is 76.7 Å². The van der Waals surface area contributed by atoms with E-state index in [1.165, 1.54) is 60.6 Å². The Hall–Kier alpha value is -15.2. The van der Waals surface area contributed by atoms with Crippen molar-refractivity contribution in [3.8, 4) is 113 Å². The average molecular weight is 1430 g/mol. The molecule has 16 aromatic carbocycles. The van der Waals surface area contributed by atoms with Gasteiger partial charge >= 0.3 is 0 Å². The van der Waals surface area contributed by atoms with Crippen molar-refractivity contribution >= 4 is 87.2 Å². The molecule has 0 aliphatic carbocycles. The van der Waals surface area contributed by atoms with E-state index in [0.29, 0.717) is 23.5 Å². The smallest absolute Gasteiger partial charge is 0.238 e. The lowest BCUT2D eigenvalue weighted by Gasteiger charge is -2.12. The molecular weight excluding hydrogens is 1360 g/mol. The Balaban J connectivity index is 0.000000141. The van der Waals surface area contributed by atoms with Gasteiger partial charge in [0.1, 0.15) is 0 Å². The van der Waals surface area contributed by atoms with Crippen LogP contribution in [0.15, 0.2) is 406 Å². The van der Waals surface area contributed by atoms with Crippen molar-refractivity contribution in [3.63, 3.8) is 0 Å². The minimum atomic E-state index is 0.575. The van der Waals surface area contributed by atoms with Gasteiger partial charge in [0.2, 0.25) is 11.9 Å². The number of rotatable bonds is 12. The molecular formula is C103H67N9. The van der Waals surface area contributed by atoms with Crippen LogP contribution in [0, 0.1) is 0 Å². The van der Waals surface area contributed by atoms with Crippen LogP contribution < -0.4 is 0 Å². The van der Waals surface area contributed by atoms with Crippen LogP contribution in [-0.2, 0) is 0 Å². The van der Waals surface area contributed by atoms with Crippen molar-refractivity contribution in [2.75, 3.05) is 0 Å². The molecule has 0 N–H and O–H groups in total. The fourth-order valence-corrected chi connectivity index (χ4v) is 16.4. The summed E-state index contributed by atoms with van der Waals surface area (Å²) in [6, 6.07) is 144. The van der Waals surface area contributed by atoms with Gasteiger partial charge in [-0.1, -0.05) is 322 Å². The molecule has 0 saturated carbocycles. The maximum Gasteiger partial charge on any atom is 0.238 e. The second kappa shape index (κ2) is 27.5. The number of aromatic nitrogens is 9. The molecule has 524 valence electrons. The molecule has 0 fully saturated rings. The van der Waals surface area contributed by atoms with E-state index >= 15 is 0 Å². The first-order chi connectivity index (χ1) is 55.5. The highest BCUT2D eigenvalue weighted by Gasteiger charge is 2.25. The molecule has 22 rings (SSSR count). The number of fused-ring (bicyclic) bond motifs is 12. The molecule has 0 saturated heterocycles. The summed E-state index contributed by atoms with van der Waals surface area (Å²) >= 11 is 0. The largest absolute Gasteiger partial charge is 0.309 e. The second-order valence-electron chi connectivity index (χ2n) is 28.4. The summed E-state index contributed by atoms with van der Waals surface area (Å²) in [5.41, 5.74) is 26.3. The Labute approximate surface area is 645 Å². The minimum absolute atomic E-state index is 0.575. The predicted molar refractivity (Wildman–Crippen MR) is 463 cm³/mol. The van der Waals surface area contributed by atoms with E-state index in [2.05, 4.69) is 388 Å². The molecule has 0 amide bonds. The zero-order chi connectivity index (χ0) is 74.0. The summed E-state index contributed by atoms with van der Waals surface area (Å²) in [4.78, 5) is 26.1. The van der Waals surface area contributed by atoms with Gasteiger partial charge in [0.15, 0.2) is 11.6 Å². The maximum atomic E-state index is 5.27. The van der Waals surface area contributed by atoms with Gasteiger partial charge in [-0.15, -0.1) is 0 Å².